The second-order valence-corrected chi connectivity index (χ2v) is 6.47. The summed E-state index contributed by atoms with van der Waals surface area (Å²) in [5.41, 5.74) is 3.79. The van der Waals surface area contributed by atoms with E-state index in [1.807, 2.05) is 42.6 Å². The van der Waals surface area contributed by atoms with Crippen LogP contribution in [0.1, 0.15) is 21.6 Å². The van der Waals surface area contributed by atoms with E-state index in [1.54, 1.807) is 24.5 Å². The number of para-hydroxylation sites is 1. The third kappa shape index (κ3) is 4.17. The van der Waals surface area contributed by atoms with Crippen LogP contribution in [0, 0.1) is 0 Å². The lowest BCUT2D eigenvalue weighted by atomic mass is 10.1. The number of fused-ring (bicyclic) bond motifs is 1. The Bertz CT molecular complexity index is 1060. The maximum Gasteiger partial charge on any atom is 0.252 e. The molecule has 0 unspecified atom stereocenters. The monoisotopic (exact) mass is 371 g/mol. The van der Waals surface area contributed by atoms with E-state index in [2.05, 4.69) is 31.7 Å². The maximum absolute atomic E-state index is 12.3. The van der Waals surface area contributed by atoms with E-state index >= 15 is 0 Å². The number of rotatable bonds is 7. The van der Waals surface area contributed by atoms with Crippen molar-refractivity contribution in [2.45, 2.75) is 13.0 Å². The summed E-state index contributed by atoms with van der Waals surface area (Å²) in [7, 11) is 0. The third-order valence-corrected chi connectivity index (χ3v) is 4.56. The summed E-state index contributed by atoms with van der Waals surface area (Å²) in [4.78, 5) is 24.2. The number of pyridine rings is 2. The standard InChI is InChI=1S/C22H21N5O/c28-22(24-12-10-16-13-25-20-7-2-1-6-19(16)20)17-8-9-21(26-14-17)27-15-18-5-3-4-11-23-18/h1-9,11,13-14,25H,10,12,15H2,(H,24,28)(H,26,27). The lowest BCUT2D eigenvalue weighted by Gasteiger charge is -2.07. The molecule has 0 aliphatic heterocycles. The molecule has 140 valence electrons. The molecule has 0 saturated carbocycles. The minimum Gasteiger partial charge on any atom is -0.364 e. The third-order valence-electron chi connectivity index (χ3n) is 4.56. The Kier molecular flexibility index (Phi) is 5.29. The molecule has 0 radical (unpaired) electrons. The van der Waals surface area contributed by atoms with Gasteiger partial charge >= 0.3 is 0 Å². The summed E-state index contributed by atoms with van der Waals surface area (Å²) < 4.78 is 0. The number of aromatic amines is 1. The van der Waals surface area contributed by atoms with E-state index in [1.165, 1.54) is 10.9 Å². The molecule has 3 heterocycles. The largest absolute Gasteiger partial charge is 0.364 e. The first-order valence-corrected chi connectivity index (χ1v) is 9.22. The fourth-order valence-electron chi connectivity index (χ4n) is 3.07. The summed E-state index contributed by atoms with van der Waals surface area (Å²) in [6, 6.07) is 17.5. The average molecular weight is 371 g/mol. The minimum absolute atomic E-state index is 0.122. The predicted octanol–water partition coefficient (Wildman–Crippen LogP) is 3.54. The van der Waals surface area contributed by atoms with E-state index in [0.717, 1.165) is 17.6 Å². The highest BCUT2D eigenvalue weighted by molar-refractivity contribution is 5.94. The molecule has 0 fully saturated rings. The molecule has 0 bridgehead atoms. The molecular weight excluding hydrogens is 350 g/mol. The molecule has 0 saturated heterocycles. The minimum atomic E-state index is -0.122. The summed E-state index contributed by atoms with van der Waals surface area (Å²) in [6.45, 7) is 1.16. The van der Waals surface area contributed by atoms with Gasteiger partial charge in [-0.1, -0.05) is 24.3 Å². The average Bonchev–Trinajstić information content (AvgIpc) is 3.16. The van der Waals surface area contributed by atoms with E-state index in [0.29, 0.717) is 24.5 Å². The normalized spacial score (nSPS) is 10.7. The quantitative estimate of drug-likeness (QED) is 0.464. The molecule has 1 aromatic carbocycles. The molecule has 3 N–H and O–H groups in total. The van der Waals surface area contributed by atoms with Gasteiger partial charge in [-0.05, 0) is 42.3 Å². The number of hydrogen-bond acceptors (Lipinski definition) is 4. The molecular formula is C22H21N5O. The first-order chi connectivity index (χ1) is 13.8. The molecule has 28 heavy (non-hydrogen) atoms. The van der Waals surface area contributed by atoms with E-state index in [9.17, 15) is 4.79 Å². The summed E-state index contributed by atoms with van der Waals surface area (Å²) >= 11 is 0. The zero-order chi connectivity index (χ0) is 19.2. The van der Waals surface area contributed by atoms with Gasteiger partial charge in [0, 0.05) is 36.0 Å². The number of carbonyl (C=O) groups excluding carboxylic acids is 1. The zero-order valence-corrected chi connectivity index (χ0v) is 15.4. The van der Waals surface area contributed by atoms with Crippen molar-refractivity contribution < 1.29 is 4.79 Å². The second kappa shape index (κ2) is 8.35. The van der Waals surface area contributed by atoms with Gasteiger partial charge in [0.2, 0.25) is 0 Å². The van der Waals surface area contributed by atoms with Gasteiger partial charge in [0.25, 0.3) is 5.91 Å². The molecule has 6 nitrogen and oxygen atoms in total. The fraction of sp³-hybridized carbons (Fsp3) is 0.136. The highest BCUT2D eigenvalue weighted by Gasteiger charge is 2.07. The highest BCUT2D eigenvalue weighted by atomic mass is 16.1. The van der Waals surface area contributed by atoms with E-state index in [-0.39, 0.29) is 5.91 Å². The Labute approximate surface area is 163 Å². The van der Waals surface area contributed by atoms with Gasteiger partial charge in [-0.25, -0.2) is 4.98 Å². The zero-order valence-electron chi connectivity index (χ0n) is 15.4. The molecule has 4 aromatic rings. The number of nitrogens with one attached hydrogen (secondary N) is 3. The Morgan fingerprint density at radius 3 is 2.71 bits per heavy atom. The van der Waals surface area contributed by atoms with Gasteiger partial charge in [0.05, 0.1) is 17.8 Å². The topological polar surface area (TPSA) is 82.7 Å². The van der Waals surface area contributed by atoms with Crippen molar-refractivity contribution in [2.24, 2.45) is 0 Å². The number of aromatic nitrogens is 3. The smallest absolute Gasteiger partial charge is 0.252 e. The van der Waals surface area contributed by atoms with Crippen molar-refractivity contribution in [3.63, 3.8) is 0 Å². The Morgan fingerprint density at radius 2 is 1.89 bits per heavy atom. The SMILES string of the molecule is O=C(NCCc1c[nH]c2ccccc12)c1ccc(NCc2ccccn2)nc1. The number of nitrogens with zero attached hydrogens (tertiary/aromatic N) is 2. The highest BCUT2D eigenvalue weighted by Crippen LogP contribution is 2.17. The summed E-state index contributed by atoms with van der Waals surface area (Å²) in [6.07, 6.45) is 6.11. The van der Waals surface area contributed by atoms with Crippen LogP contribution in [0.3, 0.4) is 0 Å². The number of H-pyrrole nitrogens is 1. The maximum atomic E-state index is 12.3. The number of carbonyl (C=O) groups is 1. The molecule has 3 aromatic heterocycles. The number of benzene rings is 1. The Balaban J connectivity index is 1.28. The van der Waals surface area contributed by atoms with Crippen molar-refractivity contribution >= 4 is 22.6 Å². The van der Waals surface area contributed by atoms with Crippen LogP contribution in [0.2, 0.25) is 0 Å². The molecule has 0 atom stereocenters. The summed E-state index contributed by atoms with van der Waals surface area (Å²) in [5, 5.41) is 7.35. The summed E-state index contributed by atoms with van der Waals surface area (Å²) in [5.74, 6) is 0.588. The van der Waals surface area contributed by atoms with Crippen LogP contribution in [-0.4, -0.2) is 27.4 Å². The van der Waals surface area contributed by atoms with Crippen LogP contribution in [0.4, 0.5) is 5.82 Å². The van der Waals surface area contributed by atoms with Crippen molar-refractivity contribution in [2.75, 3.05) is 11.9 Å². The number of hydrogen-bond donors (Lipinski definition) is 3. The van der Waals surface area contributed by atoms with Gasteiger partial charge in [-0.15, -0.1) is 0 Å². The van der Waals surface area contributed by atoms with Crippen LogP contribution in [0.25, 0.3) is 10.9 Å². The lowest BCUT2D eigenvalue weighted by Crippen LogP contribution is -2.25. The number of amides is 1. The van der Waals surface area contributed by atoms with Gasteiger partial charge < -0.3 is 15.6 Å². The second-order valence-electron chi connectivity index (χ2n) is 6.47. The van der Waals surface area contributed by atoms with Crippen molar-refractivity contribution in [3.05, 3.63) is 90.0 Å². The van der Waals surface area contributed by atoms with Crippen LogP contribution >= 0.6 is 0 Å². The molecule has 0 aliphatic rings. The van der Waals surface area contributed by atoms with Crippen LogP contribution in [0.5, 0.6) is 0 Å². The van der Waals surface area contributed by atoms with E-state index in [4.69, 9.17) is 0 Å². The van der Waals surface area contributed by atoms with Gasteiger partial charge in [0.1, 0.15) is 5.82 Å². The molecule has 0 aliphatic carbocycles. The number of anilines is 1. The van der Waals surface area contributed by atoms with Gasteiger partial charge in [-0.3, -0.25) is 9.78 Å². The van der Waals surface area contributed by atoms with Crippen molar-refractivity contribution in [3.8, 4) is 0 Å². The molecule has 0 spiro atoms. The van der Waals surface area contributed by atoms with Gasteiger partial charge in [0.15, 0.2) is 0 Å². The van der Waals surface area contributed by atoms with Gasteiger partial charge in [-0.2, -0.15) is 0 Å². The Morgan fingerprint density at radius 1 is 1.00 bits per heavy atom. The van der Waals surface area contributed by atoms with E-state index < -0.39 is 0 Å². The first kappa shape index (κ1) is 17.7. The molecule has 1 amide bonds. The lowest BCUT2D eigenvalue weighted by molar-refractivity contribution is 0.0954. The first-order valence-electron chi connectivity index (χ1n) is 9.22. The van der Waals surface area contributed by atoms with Crippen molar-refractivity contribution in [1.29, 1.82) is 0 Å². The fourth-order valence-corrected chi connectivity index (χ4v) is 3.07. The van der Waals surface area contributed by atoms with Crippen LogP contribution in [-0.2, 0) is 13.0 Å². The predicted molar refractivity (Wildman–Crippen MR) is 110 cm³/mol. The Hall–Kier alpha value is -3.67. The van der Waals surface area contributed by atoms with Crippen LogP contribution < -0.4 is 10.6 Å². The molecule has 4 rings (SSSR count). The molecule has 6 heteroatoms. The van der Waals surface area contributed by atoms with Crippen molar-refractivity contribution in [1.82, 2.24) is 20.3 Å². The van der Waals surface area contributed by atoms with Crippen LogP contribution in [0.15, 0.2) is 73.2 Å².